The molecule has 2 aromatic rings. The van der Waals surface area contributed by atoms with E-state index in [-0.39, 0.29) is 13.2 Å². The second-order valence-electron chi connectivity index (χ2n) is 4.79. The Balaban J connectivity index is 2.01. The smallest absolute Gasteiger partial charge is 0.191 e. The molecule has 0 aromatic heterocycles. The highest BCUT2D eigenvalue weighted by atomic mass is 79.9. The molecule has 8 heteroatoms. The summed E-state index contributed by atoms with van der Waals surface area (Å²) in [5, 5.41) is 16.4. The van der Waals surface area contributed by atoms with E-state index in [2.05, 4.69) is 31.8 Å². The van der Waals surface area contributed by atoms with Gasteiger partial charge in [-0.15, -0.1) is 0 Å². The summed E-state index contributed by atoms with van der Waals surface area (Å²) >= 11 is 8.64. The second kappa shape index (κ2) is 9.97. The number of para-hydroxylation sites is 1. The third kappa shape index (κ3) is 6.00. The number of anilines is 1. The van der Waals surface area contributed by atoms with E-state index < -0.39 is 0 Å². The molecule has 0 fully saturated rings. The number of hydrogen-bond donors (Lipinski definition) is 3. The van der Waals surface area contributed by atoms with Crippen LogP contribution in [0, 0.1) is 0 Å². The summed E-state index contributed by atoms with van der Waals surface area (Å²) in [5.74, 6) is 1.08. The number of aliphatic hydroxyl groups is 1. The van der Waals surface area contributed by atoms with E-state index in [9.17, 15) is 0 Å². The fourth-order valence-electron chi connectivity index (χ4n) is 1.92. The Bertz CT molecular complexity index is 741. The number of aliphatic hydroxyl groups excluding tert-OH is 1. The third-order valence-corrected chi connectivity index (χ3v) is 3.91. The van der Waals surface area contributed by atoms with Crippen molar-refractivity contribution in [1.29, 1.82) is 0 Å². The molecule has 25 heavy (non-hydrogen) atoms. The summed E-state index contributed by atoms with van der Waals surface area (Å²) in [6.07, 6.45) is 1.61. The lowest BCUT2D eigenvalue weighted by atomic mass is 10.2. The third-order valence-electron chi connectivity index (χ3n) is 3.03. The molecular formula is C17H18BrN3O3S. The molecule has 0 aliphatic heterocycles. The maximum Gasteiger partial charge on any atom is 0.191 e. The van der Waals surface area contributed by atoms with Crippen LogP contribution < -0.4 is 20.2 Å². The first-order chi connectivity index (χ1) is 12.1. The summed E-state index contributed by atoms with van der Waals surface area (Å²) in [6.45, 7) is 0.122. The summed E-state index contributed by atoms with van der Waals surface area (Å²) in [6, 6.07) is 13.1. The maximum atomic E-state index is 8.86. The number of benzene rings is 2. The molecule has 0 spiro atoms. The first-order valence-corrected chi connectivity index (χ1v) is 8.60. The summed E-state index contributed by atoms with van der Waals surface area (Å²) in [7, 11) is 1.55. The molecular weight excluding hydrogens is 406 g/mol. The summed E-state index contributed by atoms with van der Waals surface area (Å²) < 4.78 is 11.5. The number of nitrogens with one attached hydrogen (secondary N) is 2. The SMILES string of the molecule is COc1cc(/C=N\NC(=S)Nc2ccccc2)c(Br)cc1OCCO. The molecule has 0 heterocycles. The fourth-order valence-corrected chi connectivity index (χ4v) is 2.51. The summed E-state index contributed by atoms with van der Waals surface area (Å²) in [4.78, 5) is 0. The Morgan fingerprint density at radius 3 is 2.72 bits per heavy atom. The van der Waals surface area contributed by atoms with Gasteiger partial charge in [-0.05, 0) is 52.4 Å². The predicted molar refractivity (Wildman–Crippen MR) is 107 cm³/mol. The van der Waals surface area contributed by atoms with Gasteiger partial charge in [0, 0.05) is 15.7 Å². The zero-order valence-corrected chi connectivity index (χ0v) is 15.9. The van der Waals surface area contributed by atoms with Gasteiger partial charge in [0.2, 0.25) is 0 Å². The van der Waals surface area contributed by atoms with Crippen molar-refractivity contribution >= 4 is 45.2 Å². The van der Waals surface area contributed by atoms with Crippen LogP contribution in [0.15, 0.2) is 52.0 Å². The monoisotopic (exact) mass is 423 g/mol. The van der Waals surface area contributed by atoms with E-state index in [0.717, 1.165) is 15.7 Å². The first kappa shape index (κ1) is 19.2. The van der Waals surface area contributed by atoms with Crippen LogP contribution in [0.1, 0.15) is 5.56 Å². The first-order valence-electron chi connectivity index (χ1n) is 7.40. The van der Waals surface area contributed by atoms with Gasteiger partial charge in [-0.25, -0.2) is 0 Å². The van der Waals surface area contributed by atoms with Crippen molar-refractivity contribution in [2.75, 3.05) is 25.6 Å². The minimum absolute atomic E-state index is 0.0697. The zero-order chi connectivity index (χ0) is 18.1. The molecule has 0 aliphatic carbocycles. The number of thiocarbonyl (C=S) groups is 1. The van der Waals surface area contributed by atoms with Gasteiger partial charge in [-0.1, -0.05) is 18.2 Å². The van der Waals surface area contributed by atoms with Crippen LogP contribution in [0.5, 0.6) is 11.5 Å². The Labute approximate surface area is 160 Å². The molecule has 0 saturated heterocycles. The second-order valence-corrected chi connectivity index (χ2v) is 6.05. The molecule has 0 saturated carbocycles. The number of hydrazone groups is 1. The van der Waals surface area contributed by atoms with Crippen LogP contribution in [0.4, 0.5) is 5.69 Å². The van der Waals surface area contributed by atoms with E-state index in [1.165, 1.54) is 0 Å². The largest absolute Gasteiger partial charge is 0.493 e. The molecule has 2 aromatic carbocycles. The predicted octanol–water partition coefficient (Wildman–Crippen LogP) is 3.15. The van der Waals surface area contributed by atoms with Crippen LogP contribution >= 0.6 is 28.1 Å². The van der Waals surface area contributed by atoms with E-state index in [1.54, 1.807) is 25.5 Å². The average Bonchev–Trinajstić information content (AvgIpc) is 2.62. The van der Waals surface area contributed by atoms with E-state index in [4.69, 9.17) is 26.8 Å². The van der Waals surface area contributed by atoms with Crippen LogP contribution in [-0.4, -0.2) is 36.8 Å². The highest BCUT2D eigenvalue weighted by Crippen LogP contribution is 2.32. The highest BCUT2D eigenvalue weighted by molar-refractivity contribution is 9.10. The van der Waals surface area contributed by atoms with Crippen molar-refractivity contribution in [1.82, 2.24) is 5.43 Å². The normalized spacial score (nSPS) is 10.5. The topological polar surface area (TPSA) is 75.1 Å². The quantitative estimate of drug-likeness (QED) is 0.360. The number of methoxy groups -OCH3 is 1. The molecule has 0 aliphatic rings. The van der Waals surface area contributed by atoms with E-state index >= 15 is 0 Å². The van der Waals surface area contributed by atoms with Crippen LogP contribution in [-0.2, 0) is 0 Å². The molecule has 0 radical (unpaired) electrons. The van der Waals surface area contributed by atoms with Gasteiger partial charge in [0.25, 0.3) is 0 Å². The molecule has 132 valence electrons. The molecule has 0 bridgehead atoms. The van der Waals surface area contributed by atoms with Crippen molar-refractivity contribution in [3.05, 3.63) is 52.5 Å². The molecule has 3 N–H and O–H groups in total. The van der Waals surface area contributed by atoms with Crippen molar-refractivity contribution in [3.8, 4) is 11.5 Å². The lowest BCUT2D eigenvalue weighted by molar-refractivity contribution is 0.196. The molecule has 2 rings (SSSR count). The zero-order valence-electron chi connectivity index (χ0n) is 13.5. The number of nitrogens with zero attached hydrogens (tertiary/aromatic N) is 1. The van der Waals surface area contributed by atoms with Crippen LogP contribution in [0.25, 0.3) is 0 Å². The van der Waals surface area contributed by atoms with Crippen molar-refractivity contribution < 1.29 is 14.6 Å². The van der Waals surface area contributed by atoms with Crippen molar-refractivity contribution in [3.63, 3.8) is 0 Å². The number of rotatable bonds is 7. The summed E-state index contributed by atoms with van der Waals surface area (Å²) in [5.41, 5.74) is 4.42. The van der Waals surface area contributed by atoms with Gasteiger partial charge in [-0.2, -0.15) is 5.10 Å². The standard InChI is InChI=1S/C17H18BrN3O3S/c1-23-15-9-12(14(18)10-16(15)24-8-7-22)11-19-21-17(25)20-13-5-3-2-4-6-13/h2-6,9-11,22H,7-8H2,1H3,(H2,20,21,25)/b19-11-. The Hall–Kier alpha value is -2.16. The fraction of sp³-hybridized carbons (Fsp3) is 0.176. The van der Waals surface area contributed by atoms with Gasteiger partial charge in [0.1, 0.15) is 6.61 Å². The number of hydrogen-bond acceptors (Lipinski definition) is 5. The van der Waals surface area contributed by atoms with Gasteiger partial charge in [-0.3, -0.25) is 5.43 Å². The van der Waals surface area contributed by atoms with Gasteiger partial charge in [0.15, 0.2) is 16.6 Å². The minimum atomic E-state index is -0.0697. The van der Waals surface area contributed by atoms with Crippen molar-refractivity contribution in [2.45, 2.75) is 0 Å². The van der Waals surface area contributed by atoms with Crippen LogP contribution in [0.2, 0.25) is 0 Å². The van der Waals surface area contributed by atoms with Crippen LogP contribution in [0.3, 0.4) is 0 Å². The number of halogens is 1. The lowest BCUT2D eigenvalue weighted by Crippen LogP contribution is -2.23. The molecule has 0 amide bonds. The van der Waals surface area contributed by atoms with E-state index in [1.807, 2.05) is 30.3 Å². The Morgan fingerprint density at radius 2 is 2.04 bits per heavy atom. The molecule has 6 nitrogen and oxygen atoms in total. The van der Waals surface area contributed by atoms with Gasteiger partial charge >= 0.3 is 0 Å². The number of ether oxygens (including phenoxy) is 2. The molecule has 0 atom stereocenters. The lowest BCUT2D eigenvalue weighted by Gasteiger charge is -2.12. The Kier molecular flexibility index (Phi) is 7.65. The highest BCUT2D eigenvalue weighted by Gasteiger charge is 2.09. The average molecular weight is 424 g/mol. The van der Waals surface area contributed by atoms with Crippen molar-refractivity contribution in [2.24, 2.45) is 5.10 Å². The molecule has 0 unspecified atom stereocenters. The van der Waals surface area contributed by atoms with E-state index in [0.29, 0.717) is 16.6 Å². The van der Waals surface area contributed by atoms with Gasteiger partial charge < -0.3 is 19.9 Å². The Morgan fingerprint density at radius 1 is 1.28 bits per heavy atom. The van der Waals surface area contributed by atoms with Gasteiger partial charge in [0.05, 0.1) is 19.9 Å². The minimum Gasteiger partial charge on any atom is -0.493 e. The maximum absolute atomic E-state index is 8.86.